The summed E-state index contributed by atoms with van der Waals surface area (Å²) in [6.45, 7) is 1.90. The van der Waals surface area contributed by atoms with Crippen LogP contribution < -0.4 is 0 Å². The molecule has 152 valence electrons. The normalized spacial score (nSPS) is 27.6. The smallest absolute Gasteiger partial charge is 0.303 e. The molecule has 1 rings (SSSR count). The molecule has 0 saturated heterocycles. The number of aliphatic hydroxyl groups excluding tert-OH is 3. The zero-order valence-corrected chi connectivity index (χ0v) is 16.2. The fourth-order valence-corrected chi connectivity index (χ4v) is 3.22. The lowest BCUT2D eigenvalue weighted by molar-refractivity contribution is -0.136. The molecule has 0 amide bonds. The third-order valence-corrected chi connectivity index (χ3v) is 4.87. The van der Waals surface area contributed by atoms with Gasteiger partial charge >= 0.3 is 5.97 Å². The van der Waals surface area contributed by atoms with Crippen molar-refractivity contribution in [1.82, 2.24) is 0 Å². The molecule has 5 atom stereocenters. The van der Waals surface area contributed by atoms with Gasteiger partial charge in [-0.15, -0.1) is 0 Å². The van der Waals surface area contributed by atoms with Crippen molar-refractivity contribution in [3.05, 3.63) is 48.6 Å². The summed E-state index contributed by atoms with van der Waals surface area (Å²) in [5, 5.41) is 38.5. The van der Waals surface area contributed by atoms with Crippen LogP contribution in [-0.2, 0) is 4.79 Å². The van der Waals surface area contributed by atoms with Crippen molar-refractivity contribution in [2.24, 2.45) is 11.8 Å². The van der Waals surface area contributed by atoms with E-state index in [1.54, 1.807) is 6.08 Å². The Labute approximate surface area is 162 Å². The minimum atomic E-state index is -0.778. The lowest BCUT2D eigenvalue weighted by atomic mass is 9.89. The van der Waals surface area contributed by atoms with Crippen molar-refractivity contribution >= 4 is 5.97 Å². The molecule has 0 bridgehead atoms. The number of carbonyl (C=O) groups is 1. The monoisotopic (exact) mass is 378 g/mol. The Hall–Kier alpha value is -1.69. The molecule has 1 saturated carbocycles. The van der Waals surface area contributed by atoms with Gasteiger partial charge in [-0.1, -0.05) is 55.5 Å². The highest BCUT2D eigenvalue weighted by Gasteiger charge is 2.39. The number of allylic oxidation sites excluding steroid dienone is 6. The summed E-state index contributed by atoms with van der Waals surface area (Å²) in [6, 6.07) is 0. The number of aliphatic hydroxyl groups is 3. The maximum atomic E-state index is 10.4. The number of hydrogen-bond donors (Lipinski definition) is 4. The van der Waals surface area contributed by atoms with Gasteiger partial charge in [0.25, 0.3) is 0 Å². The molecule has 5 heteroatoms. The van der Waals surface area contributed by atoms with Gasteiger partial charge in [0, 0.05) is 18.8 Å². The first-order valence-corrected chi connectivity index (χ1v) is 9.85. The van der Waals surface area contributed by atoms with E-state index in [0.717, 1.165) is 12.8 Å². The van der Waals surface area contributed by atoms with Crippen molar-refractivity contribution in [1.29, 1.82) is 0 Å². The number of carboxylic acid groups (broad SMARTS) is 1. The van der Waals surface area contributed by atoms with E-state index in [9.17, 15) is 20.1 Å². The molecule has 0 heterocycles. The molecule has 0 aliphatic heterocycles. The molecular weight excluding hydrogens is 344 g/mol. The quantitative estimate of drug-likeness (QED) is 0.390. The first-order chi connectivity index (χ1) is 13.0. The summed E-state index contributed by atoms with van der Waals surface area (Å²) in [7, 11) is 0. The second-order valence-electron chi connectivity index (χ2n) is 7.03. The van der Waals surface area contributed by atoms with Gasteiger partial charge in [0.15, 0.2) is 0 Å². The highest BCUT2D eigenvalue weighted by atomic mass is 16.4. The topological polar surface area (TPSA) is 98.0 Å². The predicted octanol–water partition coefficient (Wildman–Crippen LogP) is 3.38. The van der Waals surface area contributed by atoms with Crippen LogP contribution >= 0.6 is 0 Å². The van der Waals surface area contributed by atoms with Crippen LogP contribution in [0.4, 0.5) is 0 Å². The van der Waals surface area contributed by atoms with E-state index in [-0.39, 0.29) is 18.3 Å². The zero-order chi connectivity index (χ0) is 20.1. The van der Waals surface area contributed by atoms with Gasteiger partial charge in [0.2, 0.25) is 0 Å². The SMILES string of the molecule is CC[C@H](O)/C=C/[C@@H]1[C@@H](C/C=C\C/C=C\C/C=C\CCC(=O)O)[C@H](O)C[C@@H]1O. The highest BCUT2D eigenvalue weighted by molar-refractivity contribution is 5.66. The number of hydrogen-bond acceptors (Lipinski definition) is 4. The minimum Gasteiger partial charge on any atom is -0.481 e. The van der Waals surface area contributed by atoms with Gasteiger partial charge in [-0.2, -0.15) is 0 Å². The number of carboxylic acids is 1. The van der Waals surface area contributed by atoms with Crippen LogP contribution in [0.2, 0.25) is 0 Å². The molecule has 0 aromatic rings. The second kappa shape index (κ2) is 13.5. The van der Waals surface area contributed by atoms with E-state index in [4.69, 9.17) is 5.11 Å². The average Bonchev–Trinajstić information content (AvgIpc) is 2.90. The standard InChI is InChI=1S/C22H34O5/c1-2-17(23)14-15-19-18(20(24)16-21(19)25)12-10-8-6-4-3-5-7-9-11-13-22(26)27/h3-4,7-10,14-15,17-21,23-25H,2,5-6,11-13,16H2,1H3,(H,26,27)/b4-3-,9-7-,10-8-,15-14+/t17-,18+,19+,20+,21-/m0/s1. The molecule has 0 unspecified atom stereocenters. The van der Waals surface area contributed by atoms with Gasteiger partial charge in [0.1, 0.15) is 0 Å². The molecular formula is C22H34O5. The summed E-state index contributed by atoms with van der Waals surface area (Å²) in [6.07, 6.45) is 18.0. The Morgan fingerprint density at radius 3 is 2.30 bits per heavy atom. The number of rotatable bonds is 12. The number of aliphatic carboxylic acids is 1. The summed E-state index contributed by atoms with van der Waals surface area (Å²) in [5.74, 6) is -0.936. The fourth-order valence-electron chi connectivity index (χ4n) is 3.22. The lowest BCUT2D eigenvalue weighted by Gasteiger charge is -2.19. The molecule has 0 radical (unpaired) electrons. The van der Waals surface area contributed by atoms with Crippen LogP contribution in [0.5, 0.6) is 0 Å². The van der Waals surface area contributed by atoms with E-state index >= 15 is 0 Å². The van der Waals surface area contributed by atoms with Crippen molar-refractivity contribution in [2.45, 2.75) is 70.2 Å². The van der Waals surface area contributed by atoms with Gasteiger partial charge in [-0.25, -0.2) is 0 Å². The van der Waals surface area contributed by atoms with E-state index < -0.39 is 24.3 Å². The molecule has 0 aromatic heterocycles. The molecule has 5 nitrogen and oxygen atoms in total. The Morgan fingerprint density at radius 2 is 1.67 bits per heavy atom. The minimum absolute atomic E-state index is 0.0299. The Balaban J connectivity index is 2.34. The highest BCUT2D eigenvalue weighted by Crippen LogP contribution is 2.36. The molecule has 4 N–H and O–H groups in total. The first-order valence-electron chi connectivity index (χ1n) is 9.85. The van der Waals surface area contributed by atoms with Crippen LogP contribution in [0.25, 0.3) is 0 Å². The maximum Gasteiger partial charge on any atom is 0.303 e. The molecule has 1 aliphatic carbocycles. The van der Waals surface area contributed by atoms with E-state index in [0.29, 0.717) is 25.7 Å². The zero-order valence-electron chi connectivity index (χ0n) is 16.2. The van der Waals surface area contributed by atoms with Crippen molar-refractivity contribution < 1.29 is 25.2 Å². The van der Waals surface area contributed by atoms with Crippen LogP contribution in [0.3, 0.4) is 0 Å². The Bertz CT molecular complexity index is 535. The van der Waals surface area contributed by atoms with Gasteiger partial charge in [-0.3, -0.25) is 4.79 Å². The third-order valence-electron chi connectivity index (χ3n) is 4.87. The lowest BCUT2D eigenvalue weighted by Crippen LogP contribution is -2.20. The largest absolute Gasteiger partial charge is 0.481 e. The molecule has 27 heavy (non-hydrogen) atoms. The molecule has 1 fully saturated rings. The van der Waals surface area contributed by atoms with Crippen molar-refractivity contribution in [3.8, 4) is 0 Å². The van der Waals surface area contributed by atoms with Gasteiger partial charge in [0.05, 0.1) is 18.3 Å². The van der Waals surface area contributed by atoms with E-state index in [1.165, 1.54) is 0 Å². The van der Waals surface area contributed by atoms with Crippen molar-refractivity contribution in [2.75, 3.05) is 0 Å². The predicted molar refractivity (Wildman–Crippen MR) is 107 cm³/mol. The van der Waals surface area contributed by atoms with Crippen LogP contribution in [0.15, 0.2) is 48.6 Å². The third kappa shape index (κ3) is 9.70. The summed E-state index contributed by atoms with van der Waals surface area (Å²) >= 11 is 0. The Morgan fingerprint density at radius 1 is 1.04 bits per heavy atom. The first kappa shape index (κ1) is 23.3. The van der Waals surface area contributed by atoms with Crippen LogP contribution in [-0.4, -0.2) is 44.7 Å². The summed E-state index contributed by atoms with van der Waals surface area (Å²) in [5.41, 5.74) is 0. The maximum absolute atomic E-state index is 10.4. The second-order valence-corrected chi connectivity index (χ2v) is 7.03. The van der Waals surface area contributed by atoms with Gasteiger partial charge in [-0.05, 0) is 38.0 Å². The fraction of sp³-hybridized carbons (Fsp3) is 0.591. The molecule has 0 aromatic carbocycles. The average molecular weight is 379 g/mol. The van der Waals surface area contributed by atoms with Crippen LogP contribution in [0.1, 0.15) is 51.9 Å². The van der Waals surface area contributed by atoms with Crippen molar-refractivity contribution in [3.63, 3.8) is 0 Å². The molecule has 1 aliphatic rings. The van der Waals surface area contributed by atoms with Crippen LogP contribution in [0, 0.1) is 11.8 Å². The Kier molecular flexibility index (Phi) is 11.7. The summed E-state index contributed by atoms with van der Waals surface area (Å²) < 4.78 is 0. The van der Waals surface area contributed by atoms with Gasteiger partial charge < -0.3 is 20.4 Å². The summed E-state index contributed by atoms with van der Waals surface area (Å²) in [4.78, 5) is 10.4. The van der Waals surface area contributed by atoms with E-state index in [1.807, 2.05) is 49.5 Å². The molecule has 0 spiro atoms. The van der Waals surface area contributed by atoms with E-state index in [2.05, 4.69) is 0 Å².